The van der Waals surface area contributed by atoms with Crippen LogP contribution in [0.25, 0.3) is 43.6 Å². The Kier molecular flexibility index (Phi) is 8.08. The van der Waals surface area contributed by atoms with E-state index in [1.54, 1.807) is 12.1 Å². The highest BCUT2D eigenvalue weighted by atomic mass is 19.2. The summed E-state index contributed by atoms with van der Waals surface area (Å²) in [4.78, 5) is 2.03. The lowest BCUT2D eigenvalue weighted by Crippen LogP contribution is -2.10. The lowest BCUT2D eigenvalue weighted by Gasteiger charge is -2.26. The maximum absolute atomic E-state index is 14.9. The van der Waals surface area contributed by atoms with Crippen molar-refractivity contribution in [3.05, 3.63) is 185 Å². The van der Waals surface area contributed by atoms with Crippen molar-refractivity contribution in [1.82, 2.24) is 9.13 Å². The van der Waals surface area contributed by atoms with Gasteiger partial charge in [-0.1, -0.05) is 36.4 Å². The molecule has 0 radical (unpaired) electrons. The monoisotopic (exact) mass is 736 g/mol. The number of aromatic nitrogens is 2. The average molecular weight is 737 g/mol. The first-order valence-electron chi connectivity index (χ1n) is 17.3. The van der Waals surface area contributed by atoms with Gasteiger partial charge in [0.25, 0.3) is 0 Å². The van der Waals surface area contributed by atoms with Gasteiger partial charge >= 0.3 is 0 Å². The highest BCUT2D eigenvalue weighted by Gasteiger charge is 2.21. The van der Waals surface area contributed by atoms with Gasteiger partial charge in [0.2, 0.25) is 0 Å². The standard InChI is InChI=1S/C45H26F6N4/c46-36-21-40(50)38(48)17-27(36)24-53-42-7-3-1-5-32(42)34-19-30(13-15-44(34)53)55(29-11-9-26(23-52)10-12-29)31-14-16-45-35(20-31)33-6-2-4-8-43(33)54(45)25-28-18-39(49)41(51)22-37(28)47/h1-22H,24-25H2. The first-order chi connectivity index (χ1) is 26.7. The van der Waals surface area contributed by atoms with Crippen molar-refractivity contribution in [2.45, 2.75) is 13.1 Å². The Morgan fingerprint density at radius 1 is 0.418 bits per heavy atom. The van der Waals surface area contributed by atoms with Crippen molar-refractivity contribution in [3.8, 4) is 6.07 Å². The lowest BCUT2D eigenvalue weighted by molar-refractivity contribution is 0.489. The smallest absolute Gasteiger partial charge is 0.161 e. The van der Waals surface area contributed by atoms with Crippen LogP contribution in [0.3, 0.4) is 0 Å². The zero-order valence-corrected chi connectivity index (χ0v) is 28.7. The first kappa shape index (κ1) is 33.8. The van der Waals surface area contributed by atoms with Crippen molar-refractivity contribution >= 4 is 60.7 Å². The zero-order chi connectivity index (χ0) is 38.0. The molecule has 2 heterocycles. The number of halogens is 6. The molecule has 9 aromatic rings. The zero-order valence-electron chi connectivity index (χ0n) is 28.7. The molecule has 2 aromatic heterocycles. The van der Waals surface area contributed by atoms with E-state index >= 15 is 0 Å². The van der Waals surface area contributed by atoms with Gasteiger partial charge in [-0.3, -0.25) is 0 Å². The van der Waals surface area contributed by atoms with Crippen LogP contribution < -0.4 is 4.90 Å². The Labute approximate surface area is 309 Å². The molecule has 0 atom stereocenters. The molecule has 0 aliphatic carbocycles. The summed E-state index contributed by atoms with van der Waals surface area (Å²) in [5.74, 6) is -6.46. The molecular formula is C45H26F6N4. The van der Waals surface area contributed by atoms with Crippen LogP contribution in [0.1, 0.15) is 16.7 Å². The van der Waals surface area contributed by atoms with Gasteiger partial charge in [0.15, 0.2) is 23.3 Å². The summed E-state index contributed by atoms with van der Waals surface area (Å²) in [7, 11) is 0. The Hall–Kier alpha value is -6.99. The van der Waals surface area contributed by atoms with Gasteiger partial charge in [-0.25, -0.2) is 26.3 Å². The summed E-state index contributed by atoms with van der Waals surface area (Å²) in [6.45, 7) is -0.0815. The third-order valence-corrected chi connectivity index (χ3v) is 10.1. The van der Waals surface area contributed by atoms with Gasteiger partial charge in [-0.15, -0.1) is 0 Å². The number of hydrogen-bond donors (Lipinski definition) is 0. The molecule has 55 heavy (non-hydrogen) atoms. The summed E-state index contributed by atoms with van der Waals surface area (Å²) in [6.07, 6.45) is 0. The van der Waals surface area contributed by atoms with Crippen LogP contribution in [-0.2, 0) is 13.1 Å². The van der Waals surface area contributed by atoms with Gasteiger partial charge in [0.05, 0.1) is 24.7 Å². The Morgan fingerprint density at radius 2 is 0.818 bits per heavy atom. The number of para-hydroxylation sites is 2. The number of nitriles is 1. The molecule has 0 N–H and O–H groups in total. The van der Waals surface area contributed by atoms with Gasteiger partial charge in [0.1, 0.15) is 11.6 Å². The molecule has 0 unspecified atom stereocenters. The molecule has 0 saturated carbocycles. The van der Waals surface area contributed by atoms with E-state index in [2.05, 4.69) is 6.07 Å². The van der Waals surface area contributed by atoms with E-state index in [0.29, 0.717) is 17.7 Å². The molecule has 0 bridgehead atoms. The Balaban J connectivity index is 1.22. The fourth-order valence-electron chi connectivity index (χ4n) is 7.54. The molecular weight excluding hydrogens is 711 g/mol. The highest BCUT2D eigenvalue weighted by Crippen LogP contribution is 2.41. The molecule has 9 rings (SSSR count). The fourth-order valence-corrected chi connectivity index (χ4v) is 7.54. The van der Waals surface area contributed by atoms with Crippen molar-refractivity contribution < 1.29 is 26.3 Å². The average Bonchev–Trinajstić information content (AvgIpc) is 3.67. The maximum atomic E-state index is 14.9. The third-order valence-electron chi connectivity index (χ3n) is 10.1. The second kappa shape index (κ2) is 13.1. The largest absolute Gasteiger partial charge is 0.336 e. The summed E-state index contributed by atoms with van der Waals surface area (Å²) in [6, 6.07) is 39.0. The van der Waals surface area contributed by atoms with E-state index in [9.17, 15) is 31.6 Å². The second-order valence-corrected chi connectivity index (χ2v) is 13.3. The van der Waals surface area contributed by atoms with Gasteiger partial charge in [0, 0.05) is 83.9 Å². The number of fused-ring (bicyclic) bond motifs is 6. The van der Waals surface area contributed by atoms with Crippen LogP contribution in [0.15, 0.2) is 133 Å². The molecule has 0 aliphatic rings. The predicted octanol–water partition coefficient (Wildman–Crippen LogP) is 12.2. The van der Waals surface area contributed by atoms with Crippen LogP contribution in [0.2, 0.25) is 0 Å². The van der Waals surface area contributed by atoms with Gasteiger partial charge < -0.3 is 14.0 Å². The molecule has 0 amide bonds. The van der Waals surface area contributed by atoms with Crippen LogP contribution in [0, 0.1) is 46.2 Å². The molecule has 0 aliphatic heterocycles. The molecule has 4 nitrogen and oxygen atoms in total. The SMILES string of the molecule is N#Cc1ccc(N(c2ccc3c(c2)c2ccccc2n3Cc2cc(F)c(F)cc2F)c2ccc3c(c2)c2ccccc2n3Cc2cc(F)c(F)cc2F)cc1. The van der Waals surface area contributed by atoms with E-state index in [4.69, 9.17) is 0 Å². The topological polar surface area (TPSA) is 36.9 Å². The molecule has 268 valence electrons. The van der Waals surface area contributed by atoms with E-state index in [-0.39, 0.29) is 24.2 Å². The summed E-state index contributed by atoms with van der Waals surface area (Å²) in [5.41, 5.74) is 5.79. The quantitative estimate of drug-likeness (QED) is 0.121. The van der Waals surface area contributed by atoms with Crippen LogP contribution in [0.5, 0.6) is 0 Å². The van der Waals surface area contributed by atoms with Crippen LogP contribution in [0.4, 0.5) is 43.4 Å². The summed E-state index contributed by atoms with van der Waals surface area (Å²) < 4.78 is 89.6. The van der Waals surface area contributed by atoms with E-state index < -0.39 is 34.9 Å². The molecule has 0 saturated heterocycles. The highest BCUT2D eigenvalue weighted by molar-refractivity contribution is 6.11. The van der Waals surface area contributed by atoms with Crippen molar-refractivity contribution in [1.29, 1.82) is 5.26 Å². The van der Waals surface area contributed by atoms with Crippen molar-refractivity contribution in [3.63, 3.8) is 0 Å². The predicted molar refractivity (Wildman–Crippen MR) is 203 cm³/mol. The van der Waals surface area contributed by atoms with Gasteiger partial charge in [-0.05, 0) is 84.9 Å². The fraction of sp³-hybridized carbons (Fsp3) is 0.0444. The minimum atomic E-state index is -1.25. The second-order valence-electron chi connectivity index (χ2n) is 13.3. The van der Waals surface area contributed by atoms with Crippen molar-refractivity contribution in [2.75, 3.05) is 4.90 Å². The Bertz CT molecular complexity index is 2850. The Morgan fingerprint density at radius 3 is 1.27 bits per heavy atom. The third kappa shape index (κ3) is 5.72. The van der Waals surface area contributed by atoms with Crippen molar-refractivity contribution in [2.24, 2.45) is 0 Å². The minimum Gasteiger partial charge on any atom is -0.336 e. The molecule has 0 fully saturated rings. The summed E-state index contributed by atoms with van der Waals surface area (Å²) in [5, 5.41) is 13.0. The number of benzene rings is 7. The maximum Gasteiger partial charge on any atom is 0.161 e. The van der Waals surface area contributed by atoms with E-state index in [1.807, 2.05) is 111 Å². The first-order valence-corrected chi connectivity index (χ1v) is 17.3. The van der Waals surface area contributed by atoms with E-state index in [1.165, 1.54) is 0 Å². The number of rotatable bonds is 7. The molecule has 0 spiro atoms. The minimum absolute atomic E-state index is 0.00426. The molecule has 10 heteroatoms. The summed E-state index contributed by atoms with van der Waals surface area (Å²) >= 11 is 0. The van der Waals surface area contributed by atoms with Gasteiger partial charge in [-0.2, -0.15) is 5.26 Å². The molecule has 7 aromatic carbocycles. The lowest BCUT2D eigenvalue weighted by atomic mass is 10.1. The number of hydrogen-bond acceptors (Lipinski definition) is 2. The number of nitrogens with zero attached hydrogens (tertiary/aromatic N) is 4. The normalized spacial score (nSPS) is 11.6. The van der Waals surface area contributed by atoms with E-state index in [0.717, 1.165) is 72.8 Å². The van der Waals surface area contributed by atoms with Crippen LogP contribution >= 0.6 is 0 Å². The number of anilines is 3. The van der Waals surface area contributed by atoms with Crippen LogP contribution in [-0.4, -0.2) is 9.13 Å².